The minimum absolute atomic E-state index is 0.141. The van der Waals surface area contributed by atoms with E-state index in [-0.39, 0.29) is 25.4 Å². The Morgan fingerprint density at radius 3 is 1.52 bits per heavy atom. The van der Waals surface area contributed by atoms with Crippen molar-refractivity contribution in [2.24, 2.45) is 0 Å². The van der Waals surface area contributed by atoms with Crippen LogP contribution < -0.4 is 0 Å². The fourth-order valence-corrected chi connectivity index (χ4v) is 5.99. The highest BCUT2D eigenvalue weighted by molar-refractivity contribution is 7.64. The second kappa shape index (κ2) is 8.42. The fourth-order valence-electron chi connectivity index (χ4n) is 2.28. The van der Waals surface area contributed by atoms with Crippen LogP contribution in [-0.2, 0) is 21.5 Å². The van der Waals surface area contributed by atoms with E-state index in [1.807, 2.05) is 60.7 Å². The lowest BCUT2D eigenvalue weighted by molar-refractivity contribution is 0.158. The average Bonchev–Trinajstić information content (AvgIpc) is 2.56. The molecule has 2 aromatic carbocycles. The molecule has 2 rings (SSSR count). The zero-order valence-electron chi connectivity index (χ0n) is 12.7. The van der Waals surface area contributed by atoms with Gasteiger partial charge in [0.15, 0.2) is 12.3 Å². The maximum Gasteiger partial charge on any atom is 0.452 e. The molecule has 0 spiro atoms. The molecule has 2 N–H and O–H groups in total. The van der Waals surface area contributed by atoms with E-state index in [0.717, 1.165) is 11.1 Å². The van der Waals surface area contributed by atoms with Crippen molar-refractivity contribution in [3.05, 3.63) is 71.8 Å². The normalized spacial score (nSPS) is 14.9. The van der Waals surface area contributed by atoms with E-state index < -0.39 is 20.7 Å². The van der Waals surface area contributed by atoms with Crippen LogP contribution in [0.15, 0.2) is 60.7 Å². The van der Waals surface area contributed by atoms with Crippen LogP contribution in [0.3, 0.4) is 0 Å². The zero-order valence-corrected chi connectivity index (χ0v) is 14.5. The highest BCUT2D eigenvalue weighted by atomic mass is 31.2. The van der Waals surface area contributed by atoms with Crippen molar-refractivity contribution >= 4 is 15.6 Å². The zero-order chi connectivity index (χ0) is 16.7. The van der Waals surface area contributed by atoms with Crippen molar-refractivity contribution in [2.75, 3.05) is 6.61 Å². The van der Waals surface area contributed by atoms with Gasteiger partial charge < -0.3 is 10.2 Å². The summed E-state index contributed by atoms with van der Waals surface area (Å²) in [6, 6.07) is 18.3. The molecule has 2 unspecified atom stereocenters. The van der Waals surface area contributed by atoms with E-state index in [0.29, 0.717) is 0 Å². The maximum atomic E-state index is 12.7. The Morgan fingerprint density at radius 2 is 1.17 bits per heavy atom. The van der Waals surface area contributed by atoms with Crippen molar-refractivity contribution in [2.45, 2.75) is 23.8 Å². The second-order valence-corrected chi connectivity index (χ2v) is 9.27. The first kappa shape index (κ1) is 17.9. The Hall–Kier alpha value is -1.44. The molecule has 23 heavy (non-hydrogen) atoms. The molecule has 0 saturated heterocycles. The molecule has 0 aliphatic heterocycles. The molecule has 0 radical (unpaired) electrons. The first-order valence-corrected chi connectivity index (χ1v) is 10.3. The molecule has 0 amide bonds. The van der Waals surface area contributed by atoms with Gasteiger partial charge in [-0.25, -0.2) is 0 Å². The topological polar surface area (TPSA) is 74.6 Å². The van der Waals surface area contributed by atoms with Crippen molar-refractivity contribution in [3.8, 4) is 0 Å². The van der Waals surface area contributed by atoms with E-state index >= 15 is 0 Å². The van der Waals surface area contributed by atoms with Gasteiger partial charge in [-0.1, -0.05) is 69.8 Å². The third-order valence-corrected chi connectivity index (χ3v) is 8.27. The predicted molar refractivity (Wildman–Crippen MR) is 92.2 cm³/mol. The van der Waals surface area contributed by atoms with E-state index in [4.69, 9.17) is 0 Å². The third kappa shape index (κ3) is 4.76. The lowest BCUT2D eigenvalue weighted by Crippen LogP contribution is -2.22. The molecule has 2 atom stereocenters. The van der Waals surface area contributed by atoms with E-state index in [9.17, 15) is 19.3 Å². The van der Waals surface area contributed by atoms with E-state index in [1.165, 1.54) is 0 Å². The van der Waals surface area contributed by atoms with Gasteiger partial charge in [0.2, 0.25) is 0 Å². The molecule has 4 nitrogen and oxygen atoms in total. The summed E-state index contributed by atoms with van der Waals surface area (Å²) in [6.07, 6.45) is 0.127. The van der Waals surface area contributed by atoms with Crippen LogP contribution in [0.5, 0.6) is 0 Å². The van der Waals surface area contributed by atoms with Crippen LogP contribution >= 0.6 is 15.6 Å². The van der Waals surface area contributed by atoms with Crippen molar-refractivity contribution in [1.82, 2.24) is 0 Å². The highest BCUT2D eigenvalue weighted by Crippen LogP contribution is 2.58. The summed E-state index contributed by atoms with van der Waals surface area (Å²) >= 11 is 0. The van der Waals surface area contributed by atoms with Crippen LogP contribution in [0.4, 0.5) is 0 Å². The molecule has 6 heteroatoms. The standard InChI is InChI=1S/C17H20O4P2/c18-12-11-17(19,22(20)13-15-7-3-1-4-8-15)23(21)14-16-9-5-2-6-10-16/h1-10,18-19H,11-14H2/q+2. The van der Waals surface area contributed by atoms with E-state index in [1.54, 1.807) is 0 Å². The maximum absolute atomic E-state index is 12.7. The molecule has 0 aromatic heterocycles. The summed E-state index contributed by atoms with van der Waals surface area (Å²) in [4.78, 5) is 0. The summed E-state index contributed by atoms with van der Waals surface area (Å²) < 4.78 is 25.3. The summed E-state index contributed by atoms with van der Waals surface area (Å²) in [5.74, 6) is 0. The summed E-state index contributed by atoms with van der Waals surface area (Å²) in [6.45, 7) is -0.359. The summed E-state index contributed by atoms with van der Waals surface area (Å²) in [5, 5.41) is 18.1. The number of rotatable bonds is 8. The van der Waals surface area contributed by atoms with Gasteiger partial charge >= 0.3 is 20.7 Å². The number of aliphatic hydroxyl groups is 2. The first-order chi connectivity index (χ1) is 11.1. The molecule has 0 bridgehead atoms. The van der Waals surface area contributed by atoms with Crippen LogP contribution in [0.1, 0.15) is 17.5 Å². The molecule has 0 aliphatic rings. The Bertz CT molecular complexity index is 605. The lowest BCUT2D eigenvalue weighted by Gasteiger charge is -2.07. The summed E-state index contributed by atoms with van der Waals surface area (Å²) in [7, 11) is -4.36. The molecule has 0 aliphatic carbocycles. The first-order valence-electron chi connectivity index (χ1n) is 7.37. The lowest BCUT2D eigenvalue weighted by atomic mass is 10.2. The summed E-state index contributed by atoms with van der Waals surface area (Å²) in [5.41, 5.74) is 1.63. The Labute approximate surface area is 137 Å². The smallest absolute Gasteiger partial charge is 0.396 e. The monoisotopic (exact) mass is 350 g/mol. The van der Waals surface area contributed by atoms with Gasteiger partial charge in [-0.2, -0.15) is 0 Å². The SMILES string of the molecule is O=[P+](Cc1ccccc1)C(O)(CCO)[P+](=O)Cc1ccccc1. The molecular formula is C17H20O4P2+2. The van der Waals surface area contributed by atoms with Crippen molar-refractivity contribution in [1.29, 1.82) is 0 Å². The molecular weight excluding hydrogens is 330 g/mol. The molecule has 0 heterocycles. The number of aliphatic hydroxyl groups excluding tert-OH is 1. The number of hydrogen-bond acceptors (Lipinski definition) is 4. The number of hydrogen-bond donors (Lipinski definition) is 2. The Kier molecular flexibility index (Phi) is 6.56. The van der Waals surface area contributed by atoms with Gasteiger partial charge in [0, 0.05) is 0 Å². The molecule has 120 valence electrons. The van der Waals surface area contributed by atoms with Gasteiger partial charge in [-0.05, 0) is 11.1 Å². The van der Waals surface area contributed by atoms with Crippen LogP contribution in [0.25, 0.3) is 0 Å². The van der Waals surface area contributed by atoms with Crippen LogP contribution in [0, 0.1) is 0 Å². The molecule has 2 aromatic rings. The Balaban J connectivity index is 2.16. The second-order valence-electron chi connectivity index (χ2n) is 5.29. The van der Waals surface area contributed by atoms with E-state index in [2.05, 4.69) is 0 Å². The largest absolute Gasteiger partial charge is 0.452 e. The molecule has 0 saturated carbocycles. The average molecular weight is 350 g/mol. The van der Waals surface area contributed by atoms with Gasteiger partial charge in [0.1, 0.15) is 0 Å². The minimum atomic E-state index is -2.18. The Morgan fingerprint density at radius 1 is 0.783 bits per heavy atom. The molecule has 0 fully saturated rings. The van der Waals surface area contributed by atoms with Gasteiger partial charge in [0.05, 0.1) is 13.0 Å². The van der Waals surface area contributed by atoms with Crippen molar-refractivity contribution in [3.63, 3.8) is 0 Å². The van der Waals surface area contributed by atoms with Crippen LogP contribution in [0.2, 0.25) is 0 Å². The minimum Gasteiger partial charge on any atom is -0.396 e. The number of benzene rings is 2. The van der Waals surface area contributed by atoms with Gasteiger partial charge in [-0.15, -0.1) is 0 Å². The third-order valence-electron chi connectivity index (χ3n) is 3.58. The van der Waals surface area contributed by atoms with Crippen molar-refractivity contribution < 1.29 is 19.3 Å². The van der Waals surface area contributed by atoms with Gasteiger partial charge in [0.25, 0.3) is 0 Å². The van der Waals surface area contributed by atoms with Gasteiger partial charge in [-0.3, -0.25) is 0 Å². The van der Waals surface area contributed by atoms with Crippen LogP contribution in [-0.4, -0.2) is 21.9 Å². The fraction of sp³-hybridized carbons (Fsp3) is 0.294. The predicted octanol–water partition coefficient (Wildman–Crippen LogP) is 4.07. The quantitative estimate of drug-likeness (QED) is 0.704. The highest BCUT2D eigenvalue weighted by Gasteiger charge is 2.63.